The lowest BCUT2D eigenvalue weighted by Crippen LogP contribution is -2.23. The van der Waals surface area contributed by atoms with Crippen molar-refractivity contribution in [2.24, 2.45) is 0 Å². The molecule has 2 aromatic heterocycles. The summed E-state index contributed by atoms with van der Waals surface area (Å²) < 4.78 is 26.2. The van der Waals surface area contributed by atoms with Gasteiger partial charge < -0.3 is 4.40 Å². The maximum Gasteiger partial charge on any atom is 0.160 e. The van der Waals surface area contributed by atoms with Crippen molar-refractivity contribution in [2.45, 2.75) is 31.4 Å². The van der Waals surface area contributed by atoms with Crippen molar-refractivity contribution in [1.29, 1.82) is 0 Å². The first-order valence-corrected chi connectivity index (χ1v) is 7.95. The highest BCUT2D eigenvalue weighted by molar-refractivity contribution is 7.91. The first-order chi connectivity index (χ1) is 8.58. The van der Waals surface area contributed by atoms with Crippen LogP contribution in [0.5, 0.6) is 0 Å². The molecule has 2 aromatic rings. The summed E-state index contributed by atoms with van der Waals surface area (Å²) >= 11 is 0. The molecular formula is C13H16N2O2S. The quantitative estimate of drug-likeness (QED) is 0.794. The molecule has 18 heavy (non-hydrogen) atoms. The van der Waals surface area contributed by atoms with Crippen molar-refractivity contribution >= 4 is 15.4 Å². The van der Waals surface area contributed by atoms with E-state index in [1.807, 2.05) is 29.7 Å². The monoisotopic (exact) mass is 264 g/mol. The molecule has 1 aliphatic heterocycles. The van der Waals surface area contributed by atoms with Gasteiger partial charge in [-0.2, -0.15) is 0 Å². The predicted octanol–water partition coefficient (Wildman–Crippen LogP) is 2.28. The molecule has 1 atom stereocenters. The van der Waals surface area contributed by atoms with Crippen molar-refractivity contribution in [1.82, 2.24) is 9.38 Å². The van der Waals surface area contributed by atoms with Crippen LogP contribution < -0.4 is 0 Å². The zero-order valence-corrected chi connectivity index (χ0v) is 11.2. The summed E-state index contributed by atoms with van der Waals surface area (Å²) in [5.74, 6) is 0.965. The van der Waals surface area contributed by atoms with Crippen molar-refractivity contribution < 1.29 is 8.42 Å². The van der Waals surface area contributed by atoms with Crippen molar-refractivity contribution in [3.05, 3.63) is 35.9 Å². The van der Waals surface area contributed by atoms with E-state index in [1.54, 1.807) is 6.20 Å². The van der Waals surface area contributed by atoms with Crippen molar-refractivity contribution in [3.8, 4) is 0 Å². The molecule has 0 aromatic carbocycles. The predicted molar refractivity (Wildman–Crippen MR) is 70.3 cm³/mol. The van der Waals surface area contributed by atoms with E-state index in [4.69, 9.17) is 0 Å². The average Bonchev–Trinajstić information content (AvgIpc) is 2.71. The van der Waals surface area contributed by atoms with E-state index in [-0.39, 0.29) is 0 Å². The molecule has 1 fully saturated rings. The fourth-order valence-electron chi connectivity index (χ4n) is 2.60. The maximum absolute atomic E-state index is 12.2. The highest BCUT2D eigenvalue weighted by Gasteiger charge is 2.33. The summed E-state index contributed by atoms with van der Waals surface area (Å²) in [7, 11) is -3.03. The van der Waals surface area contributed by atoms with Gasteiger partial charge in [0.15, 0.2) is 9.84 Å². The minimum Gasteiger partial charge on any atom is -0.302 e. The maximum atomic E-state index is 12.2. The van der Waals surface area contributed by atoms with Gasteiger partial charge in [-0.05, 0) is 31.4 Å². The number of imidazole rings is 1. The number of nitrogens with zero attached hydrogens (tertiary/aromatic N) is 2. The number of aryl methyl sites for hydroxylation is 1. The molecule has 1 aliphatic rings. The van der Waals surface area contributed by atoms with Gasteiger partial charge in [0.25, 0.3) is 0 Å². The Kier molecular flexibility index (Phi) is 2.66. The lowest BCUT2D eigenvalue weighted by Gasteiger charge is -2.21. The molecule has 0 amide bonds. The van der Waals surface area contributed by atoms with Gasteiger partial charge in [0.1, 0.15) is 11.1 Å². The Morgan fingerprint density at radius 1 is 1.33 bits per heavy atom. The number of hydrogen-bond acceptors (Lipinski definition) is 3. The molecule has 5 heteroatoms. The van der Waals surface area contributed by atoms with Crippen LogP contribution in [-0.4, -0.2) is 23.6 Å². The Morgan fingerprint density at radius 3 is 2.94 bits per heavy atom. The van der Waals surface area contributed by atoms with E-state index < -0.39 is 15.1 Å². The van der Waals surface area contributed by atoms with Crippen LogP contribution >= 0.6 is 0 Å². The van der Waals surface area contributed by atoms with E-state index >= 15 is 0 Å². The summed E-state index contributed by atoms with van der Waals surface area (Å²) in [6.45, 7) is 2.00. The highest BCUT2D eigenvalue weighted by Crippen LogP contribution is 2.32. The second kappa shape index (κ2) is 4.09. The number of rotatable bonds is 1. The fourth-order valence-corrected chi connectivity index (χ4v) is 4.51. The van der Waals surface area contributed by atoms with Gasteiger partial charge in [-0.15, -0.1) is 0 Å². The third-order valence-electron chi connectivity index (χ3n) is 3.57. The second-order valence-corrected chi connectivity index (χ2v) is 7.27. The molecule has 0 bridgehead atoms. The summed E-state index contributed by atoms with van der Waals surface area (Å²) in [6, 6.07) is 3.98. The van der Waals surface area contributed by atoms with Gasteiger partial charge in [0, 0.05) is 6.20 Å². The minimum atomic E-state index is -3.03. The summed E-state index contributed by atoms with van der Waals surface area (Å²) in [5.41, 5.74) is 2.06. The van der Waals surface area contributed by atoms with Gasteiger partial charge in [-0.1, -0.05) is 12.5 Å². The third kappa shape index (κ3) is 1.82. The van der Waals surface area contributed by atoms with Crippen LogP contribution in [0.1, 0.15) is 35.9 Å². The van der Waals surface area contributed by atoms with Crippen LogP contribution in [0.2, 0.25) is 0 Å². The fraction of sp³-hybridized carbons (Fsp3) is 0.462. The van der Waals surface area contributed by atoms with Crippen LogP contribution in [0.3, 0.4) is 0 Å². The van der Waals surface area contributed by atoms with Gasteiger partial charge in [0.05, 0.1) is 17.5 Å². The van der Waals surface area contributed by atoms with Crippen LogP contribution in [0.15, 0.2) is 24.5 Å². The number of pyridine rings is 1. The van der Waals surface area contributed by atoms with Crippen molar-refractivity contribution in [3.63, 3.8) is 0 Å². The number of aromatic nitrogens is 2. The molecule has 0 N–H and O–H groups in total. The van der Waals surface area contributed by atoms with E-state index in [1.165, 1.54) is 0 Å². The van der Waals surface area contributed by atoms with Crippen LogP contribution in [0.25, 0.3) is 5.52 Å². The molecule has 0 spiro atoms. The molecule has 3 rings (SSSR count). The first-order valence-electron chi connectivity index (χ1n) is 6.23. The molecule has 3 heterocycles. The first kappa shape index (κ1) is 11.7. The zero-order valence-electron chi connectivity index (χ0n) is 10.3. The third-order valence-corrected chi connectivity index (χ3v) is 5.74. The number of sulfone groups is 1. The van der Waals surface area contributed by atoms with E-state index in [0.717, 1.165) is 23.9 Å². The second-order valence-electron chi connectivity index (χ2n) is 4.97. The van der Waals surface area contributed by atoms with Gasteiger partial charge in [0.2, 0.25) is 0 Å². The standard InChI is InChI=1S/C13H16N2O2S/c1-10-5-6-11-8-14-13(15(11)9-10)12-4-2-3-7-18(12,16)17/h5-6,8-9,12H,2-4,7H2,1H3. The van der Waals surface area contributed by atoms with Gasteiger partial charge in [-0.25, -0.2) is 13.4 Å². The van der Waals surface area contributed by atoms with E-state index in [2.05, 4.69) is 4.98 Å². The van der Waals surface area contributed by atoms with Crippen LogP contribution in [0.4, 0.5) is 0 Å². The average molecular weight is 264 g/mol. The van der Waals surface area contributed by atoms with Crippen LogP contribution in [-0.2, 0) is 9.84 Å². The molecule has 1 unspecified atom stereocenters. The SMILES string of the molecule is Cc1ccc2cnc(C3CCCCS3(=O)=O)n2c1. The molecule has 0 saturated carbocycles. The molecule has 0 aliphatic carbocycles. The molecular weight excluding hydrogens is 248 g/mol. The number of hydrogen-bond donors (Lipinski definition) is 0. The van der Waals surface area contributed by atoms with E-state index in [0.29, 0.717) is 18.0 Å². The lowest BCUT2D eigenvalue weighted by molar-refractivity contribution is 0.538. The largest absolute Gasteiger partial charge is 0.302 e. The normalized spacial score (nSPS) is 23.3. The highest BCUT2D eigenvalue weighted by atomic mass is 32.2. The Balaban J connectivity index is 2.16. The summed E-state index contributed by atoms with van der Waals surface area (Å²) in [4.78, 5) is 4.34. The van der Waals surface area contributed by atoms with Crippen LogP contribution in [0, 0.1) is 6.92 Å². The Labute approximate surface area is 107 Å². The lowest BCUT2D eigenvalue weighted by atomic mass is 10.2. The Bertz CT molecular complexity index is 688. The summed E-state index contributed by atoms with van der Waals surface area (Å²) in [6.07, 6.45) is 6.14. The van der Waals surface area contributed by atoms with Gasteiger partial charge >= 0.3 is 0 Å². The summed E-state index contributed by atoms with van der Waals surface area (Å²) in [5, 5.41) is -0.435. The molecule has 0 radical (unpaired) electrons. The van der Waals surface area contributed by atoms with Crippen molar-refractivity contribution in [2.75, 3.05) is 5.75 Å². The van der Waals surface area contributed by atoms with Gasteiger partial charge in [-0.3, -0.25) is 0 Å². The number of fused-ring (bicyclic) bond motifs is 1. The topological polar surface area (TPSA) is 51.4 Å². The van der Waals surface area contributed by atoms with E-state index in [9.17, 15) is 8.42 Å². The Hall–Kier alpha value is -1.36. The smallest absolute Gasteiger partial charge is 0.160 e. The minimum absolute atomic E-state index is 0.290. The molecule has 96 valence electrons. The molecule has 4 nitrogen and oxygen atoms in total. The Morgan fingerprint density at radius 2 is 2.17 bits per heavy atom. The zero-order chi connectivity index (χ0) is 12.8. The molecule has 1 saturated heterocycles.